The van der Waals surface area contributed by atoms with Crippen LogP contribution in [0.15, 0.2) is 67.0 Å². The molecule has 0 unspecified atom stereocenters. The Bertz CT molecular complexity index is 1260. The highest BCUT2D eigenvalue weighted by molar-refractivity contribution is 5.94. The minimum Gasteiger partial charge on any atom is -0.495 e. The zero-order valence-electron chi connectivity index (χ0n) is 17.8. The van der Waals surface area contributed by atoms with Crippen LogP contribution < -0.4 is 20.3 Å². The lowest BCUT2D eigenvalue weighted by Gasteiger charge is -2.38. The number of primary amides is 1. The van der Waals surface area contributed by atoms with Gasteiger partial charge in [-0.3, -0.25) is 4.79 Å². The van der Waals surface area contributed by atoms with Crippen molar-refractivity contribution in [3.8, 4) is 11.4 Å². The summed E-state index contributed by atoms with van der Waals surface area (Å²) in [4.78, 5) is 20.8. The highest BCUT2D eigenvalue weighted by Crippen LogP contribution is 2.32. The topological polar surface area (TPSA) is 89.5 Å². The Balaban J connectivity index is 1.40. The Labute approximate surface area is 185 Å². The molecule has 0 spiro atoms. The average molecular weight is 428 g/mol. The van der Waals surface area contributed by atoms with Gasteiger partial charge in [0.05, 0.1) is 35.8 Å². The number of para-hydroxylation sites is 1. The van der Waals surface area contributed by atoms with Crippen LogP contribution >= 0.6 is 0 Å². The Morgan fingerprint density at radius 3 is 2.38 bits per heavy atom. The first-order valence-corrected chi connectivity index (χ1v) is 10.5. The number of benzene rings is 2. The maximum absolute atomic E-state index is 11.6. The van der Waals surface area contributed by atoms with Crippen molar-refractivity contribution in [2.24, 2.45) is 5.73 Å². The van der Waals surface area contributed by atoms with E-state index in [0.717, 1.165) is 60.0 Å². The first-order valence-electron chi connectivity index (χ1n) is 10.5. The number of hydrogen-bond donors (Lipinski definition) is 1. The zero-order valence-corrected chi connectivity index (χ0v) is 17.8. The van der Waals surface area contributed by atoms with E-state index in [9.17, 15) is 4.79 Å². The third-order valence-electron chi connectivity index (χ3n) is 5.87. The van der Waals surface area contributed by atoms with Crippen LogP contribution in [0.1, 0.15) is 10.4 Å². The molecule has 3 heterocycles. The molecule has 32 heavy (non-hydrogen) atoms. The van der Waals surface area contributed by atoms with Gasteiger partial charge in [-0.05, 0) is 36.4 Å². The normalized spacial score (nSPS) is 14.0. The van der Waals surface area contributed by atoms with E-state index in [0.29, 0.717) is 5.56 Å². The number of pyridine rings is 1. The molecule has 8 heteroatoms. The van der Waals surface area contributed by atoms with Gasteiger partial charge in [-0.2, -0.15) is 5.10 Å². The number of rotatable bonds is 5. The first kappa shape index (κ1) is 19.9. The van der Waals surface area contributed by atoms with E-state index in [-0.39, 0.29) is 0 Å². The molecule has 8 nitrogen and oxygen atoms in total. The molecule has 2 aromatic carbocycles. The molecule has 2 aromatic heterocycles. The van der Waals surface area contributed by atoms with E-state index in [1.54, 1.807) is 19.2 Å². The number of nitrogens with zero attached hydrogens (tertiary/aromatic N) is 5. The molecule has 4 aromatic rings. The third-order valence-corrected chi connectivity index (χ3v) is 5.87. The molecule has 0 saturated carbocycles. The van der Waals surface area contributed by atoms with Crippen molar-refractivity contribution in [1.82, 2.24) is 14.8 Å². The molecular weight excluding hydrogens is 404 g/mol. The molecule has 0 atom stereocenters. The molecule has 1 saturated heterocycles. The molecular formula is C24H24N6O2. The molecule has 0 bridgehead atoms. The molecule has 0 aliphatic carbocycles. The first-order chi connectivity index (χ1) is 15.7. The average Bonchev–Trinajstić information content (AvgIpc) is 3.28. The number of piperazine rings is 1. The maximum Gasteiger partial charge on any atom is 0.248 e. The van der Waals surface area contributed by atoms with Crippen LogP contribution in [0.3, 0.4) is 0 Å². The van der Waals surface area contributed by atoms with E-state index in [4.69, 9.17) is 10.5 Å². The summed E-state index contributed by atoms with van der Waals surface area (Å²) >= 11 is 0. The van der Waals surface area contributed by atoms with Gasteiger partial charge >= 0.3 is 0 Å². The van der Waals surface area contributed by atoms with Crippen molar-refractivity contribution < 1.29 is 9.53 Å². The molecule has 1 aliphatic rings. The molecule has 1 aliphatic heterocycles. The SMILES string of the molecule is COc1ccc(C(N)=O)cc1N1CCN(c2ccnc3c2cnn3-c2ccccc2)CC1. The van der Waals surface area contributed by atoms with Gasteiger partial charge in [0.1, 0.15) is 5.75 Å². The number of nitrogens with two attached hydrogens (primary N) is 1. The minimum absolute atomic E-state index is 0.442. The quantitative estimate of drug-likeness (QED) is 0.526. The number of aromatic nitrogens is 3. The fraction of sp³-hybridized carbons (Fsp3) is 0.208. The van der Waals surface area contributed by atoms with Gasteiger partial charge in [-0.15, -0.1) is 0 Å². The van der Waals surface area contributed by atoms with Crippen LogP contribution in [-0.4, -0.2) is 54.0 Å². The number of amides is 1. The minimum atomic E-state index is -0.442. The summed E-state index contributed by atoms with van der Waals surface area (Å²) in [6, 6.07) is 17.4. The van der Waals surface area contributed by atoms with Gasteiger partial charge in [-0.25, -0.2) is 9.67 Å². The summed E-state index contributed by atoms with van der Waals surface area (Å²) in [7, 11) is 1.64. The molecule has 1 fully saturated rings. The second kappa shape index (κ2) is 8.22. The van der Waals surface area contributed by atoms with Gasteiger partial charge in [0.15, 0.2) is 5.65 Å². The largest absolute Gasteiger partial charge is 0.495 e. The standard InChI is InChI=1S/C24H24N6O2/c1-32-22-8-7-17(23(25)31)15-21(22)29-13-11-28(12-14-29)20-9-10-26-24-19(20)16-27-30(24)18-5-3-2-4-6-18/h2-10,15-16H,11-14H2,1H3,(H2,25,31). The van der Waals surface area contributed by atoms with Crippen molar-refractivity contribution in [2.45, 2.75) is 0 Å². The smallest absolute Gasteiger partial charge is 0.248 e. The number of carbonyl (C=O) groups excluding carboxylic acids is 1. The van der Waals surface area contributed by atoms with Crippen molar-refractivity contribution in [2.75, 3.05) is 43.1 Å². The monoisotopic (exact) mass is 428 g/mol. The summed E-state index contributed by atoms with van der Waals surface area (Å²) < 4.78 is 7.39. The Morgan fingerprint density at radius 1 is 0.969 bits per heavy atom. The van der Waals surface area contributed by atoms with Gasteiger partial charge in [0, 0.05) is 37.9 Å². The molecule has 1 amide bonds. The van der Waals surface area contributed by atoms with Crippen molar-refractivity contribution in [1.29, 1.82) is 0 Å². The fourth-order valence-electron chi connectivity index (χ4n) is 4.23. The third kappa shape index (κ3) is 3.49. The summed E-state index contributed by atoms with van der Waals surface area (Å²) in [6.07, 6.45) is 3.72. The second-order valence-electron chi connectivity index (χ2n) is 7.68. The highest BCUT2D eigenvalue weighted by atomic mass is 16.5. The Kier molecular flexibility index (Phi) is 5.10. The van der Waals surface area contributed by atoms with E-state index < -0.39 is 5.91 Å². The highest BCUT2D eigenvalue weighted by Gasteiger charge is 2.23. The van der Waals surface area contributed by atoms with Crippen LogP contribution in [0.4, 0.5) is 11.4 Å². The summed E-state index contributed by atoms with van der Waals surface area (Å²) in [5.41, 5.74) is 9.79. The van der Waals surface area contributed by atoms with E-state index in [1.807, 2.05) is 59.5 Å². The van der Waals surface area contributed by atoms with Crippen molar-refractivity contribution in [3.05, 3.63) is 72.6 Å². The van der Waals surface area contributed by atoms with Crippen LogP contribution in [-0.2, 0) is 0 Å². The van der Waals surface area contributed by atoms with Crippen molar-refractivity contribution in [3.63, 3.8) is 0 Å². The predicted octanol–water partition coefficient (Wildman–Crippen LogP) is 2.85. The Hall–Kier alpha value is -4.07. The van der Waals surface area contributed by atoms with E-state index in [1.165, 1.54) is 0 Å². The zero-order chi connectivity index (χ0) is 22.1. The van der Waals surface area contributed by atoms with Gasteiger partial charge in [-0.1, -0.05) is 18.2 Å². The molecule has 0 radical (unpaired) electrons. The van der Waals surface area contributed by atoms with Gasteiger partial charge in [0.25, 0.3) is 0 Å². The van der Waals surface area contributed by atoms with Crippen LogP contribution in [0.2, 0.25) is 0 Å². The van der Waals surface area contributed by atoms with Gasteiger partial charge < -0.3 is 20.3 Å². The maximum atomic E-state index is 11.6. The molecule has 2 N–H and O–H groups in total. The number of carbonyl (C=O) groups is 1. The van der Waals surface area contributed by atoms with Crippen LogP contribution in [0.25, 0.3) is 16.7 Å². The van der Waals surface area contributed by atoms with Gasteiger partial charge in [0.2, 0.25) is 5.91 Å². The van der Waals surface area contributed by atoms with E-state index in [2.05, 4.69) is 19.9 Å². The lowest BCUT2D eigenvalue weighted by molar-refractivity contribution is 0.100. The summed E-state index contributed by atoms with van der Waals surface area (Å²) in [6.45, 7) is 3.21. The number of methoxy groups -OCH3 is 1. The summed E-state index contributed by atoms with van der Waals surface area (Å²) in [5.74, 6) is 0.293. The number of hydrogen-bond acceptors (Lipinski definition) is 6. The lowest BCUT2D eigenvalue weighted by atomic mass is 10.1. The predicted molar refractivity (Wildman–Crippen MR) is 125 cm³/mol. The van der Waals surface area contributed by atoms with E-state index >= 15 is 0 Å². The molecule has 5 rings (SSSR count). The summed E-state index contributed by atoms with van der Waals surface area (Å²) in [5, 5.41) is 5.62. The fourth-order valence-corrected chi connectivity index (χ4v) is 4.23. The number of anilines is 2. The second-order valence-corrected chi connectivity index (χ2v) is 7.68. The Morgan fingerprint density at radius 2 is 1.69 bits per heavy atom. The molecule has 162 valence electrons. The number of fused-ring (bicyclic) bond motifs is 1. The number of ether oxygens (including phenoxy) is 1. The van der Waals surface area contributed by atoms with Crippen LogP contribution in [0.5, 0.6) is 5.75 Å². The van der Waals surface area contributed by atoms with Crippen LogP contribution in [0, 0.1) is 0 Å². The lowest BCUT2D eigenvalue weighted by Crippen LogP contribution is -2.46. The van der Waals surface area contributed by atoms with Crippen molar-refractivity contribution >= 4 is 28.3 Å².